The Bertz CT molecular complexity index is 1830. The van der Waals surface area contributed by atoms with Crippen LogP contribution in [0, 0.1) is 46.0 Å². The first-order chi connectivity index (χ1) is 19.1. The van der Waals surface area contributed by atoms with Crippen LogP contribution in [-0.2, 0) is 5.41 Å². The smallest absolute Gasteiger partial charge is 0.227 e. The Morgan fingerprint density at radius 1 is 0.821 bits per heavy atom. The largest absolute Gasteiger partial charge is 0.263 e. The van der Waals surface area contributed by atoms with Gasteiger partial charge in [0.25, 0.3) is 5.70 Å². The summed E-state index contributed by atoms with van der Waals surface area (Å²) in [6.07, 6.45) is 17.8. The lowest BCUT2D eigenvalue weighted by atomic mass is 9.66. The first-order valence-corrected chi connectivity index (χ1v) is 16.0. The Hall–Kier alpha value is -3.46. The minimum absolute atomic E-state index is 0.0223. The molecule has 2 fully saturated rings. The zero-order valence-electron chi connectivity index (χ0n) is 21.4. The molecule has 0 bridgehead atoms. The van der Waals surface area contributed by atoms with E-state index in [9.17, 15) is 15.8 Å². The third-order valence-corrected chi connectivity index (χ3v) is 13.2. The summed E-state index contributed by atoms with van der Waals surface area (Å²) in [6, 6.07) is 8.38. The molecular formula is C32H24N4S3. The zero-order valence-corrected chi connectivity index (χ0v) is 23.8. The van der Waals surface area contributed by atoms with Crippen molar-refractivity contribution in [2.24, 2.45) is 5.41 Å². The van der Waals surface area contributed by atoms with E-state index in [1.165, 1.54) is 78.9 Å². The van der Waals surface area contributed by atoms with Gasteiger partial charge < -0.3 is 0 Å². The summed E-state index contributed by atoms with van der Waals surface area (Å²) in [7, 11) is 0. The summed E-state index contributed by atoms with van der Waals surface area (Å²) in [6.45, 7) is 7.25. The van der Waals surface area contributed by atoms with Crippen LogP contribution in [0.2, 0.25) is 0 Å². The zero-order chi connectivity index (χ0) is 26.8. The second-order valence-corrected chi connectivity index (χ2v) is 14.3. The van der Waals surface area contributed by atoms with Gasteiger partial charge in [-0.05, 0) is 66.2 Å². The highest BCUT2D eigenvalue weighted by molar-refractivity contribution is 7.39. The molecule has 3 aromatic rings. The third-order valence-electron chi connectivity index (χ3n) is 9.29. The quantitative estimate of drug-likeness (QED) is 0.231. The van der Waals surface area contributed by atoms with Crippen LogP contribution in [0.25, 0.3) is 35.3 Å². The molecule has 2 saturated carbocycles. The van der Waals surface area contributed by atoms with E-state index in [-0.39, 0.29) is 22.1 Å². The van der Waals surface area contributed by atoms with E-state index in [4.69, 9.17) is 6.57 Å². The Morgan fingerprint density at radius 3 is 2.15 bits per heavy atom. The molecule has 0 amide bonds. The van der Waals surface area contributed by atoms with E-state index >= 15 is 0 Å². The van der Waals surface area contributed by atoms with Gasteiger partial charge in [0.2, 0.25) is 0 Å². The fourth-order valence-electron chi connectivity index (χ4n) is 7.72. The van der Waals surface area contributed by atoms with Gasteiger partial charge in [-0.3, -0.25) is 0 Å². The minimum atomic E-state index is -0.102. The van der Waals surface area contributed by atoms with E-state index in [2.05, 4.69) is 29.1 Å². The summed E-state index contributed by atoms with van der Waals surface area (Å²) in [5.74, 6) is 0. The van der Waals surface area contributed by atoms with E-state index in [0.29, 0.717) is 0 Å². The molecule has 4 aliphatic rings. The highest BCUT2D eigenvalue weighted by atomic mass is 32.1. The van der Waals surface area contributed by atoms with Gasteiger partial charge >= 0.3 is 0 Å². The molecule has 2 spiro atoms. The molecule has 0 N–H and O–H groups in total. The molecule has 190 valence electrons. The van der Waals surface area contributed by atoms with Gasteiger partial charge in [-0.1, -0.05) is 44.6 Å². The van der Waals surface area contributed by atoms with Gasteiger partial charge in [-0.15, -0.1) is 34.0 Å². The maximum absolute atomic E-state index is 9.62. The number of fused-ring (bicyclic) bond motifs is 9. The number of allylic oxidation sites excluding steroid dienone is 7. The predicted molar refractivity (Wildman–Crippen MR) is 160 cm³/mol. The van der Waals surface area contributed by atoms with Gasteiger partial charge in [-0.2, -0.15) is 10.5 Å². The van der Waals surface area contributed by atoms with Gasteiger partial charge in [0.05, 0.1) is 26.7 Å². The molecule has 4 nitrogen and oxygen atoms in total. The van der Waals surface area contributed by atoms with Crippen molar-refractivity contribution >= 4 is 64.5 Å². The summed E-state index contributed by atoms with van der Waals surface area (Å²) in [4.78, 5) is 5.77. The van der Waals surface area contributed by atoms with Crippen LogP contribution in [-0.4, -0.2) is 0 Å². The number of nitriles is 3. The molecule has 0 saturated heterocycles. The SMILES string of the molecule is [C-]#[N+]/C(C#N)=C\c1cc2sc3c4c(sc3c2s1)C1=C(C=C(C=C(C#N)C#N)C12CCCCC2)C41CCCCC1. The molecule has 7 heteroatoms. The lowest BCUT2D eigenvalue weighted by Gasteiger charge is -2.38. The maximum atomic E-state index is 9.62. The average Bonchev–Trinajstić information content (AvgIpc) is 3.73. The van der Waals surface area contributed by atoms with E-state index in [1.54, 1.807) is 23.0 Å². The van der Waals surface area contributed by atoms with Crippen molar-refractivity contribution in [1.29, 1.82) is 15.8 Å². The highest BCUT2D eigenvalue weighted by Crippen LogP contribution is 2.70. The van der Waals surface area contributed by atoms with E-state index in [0.717, 1.165) is 30.6 Å². The van der Waals surface area contributed by atoms with Crippen LogP contribution < -0.4 is 0 Å². The summed E-state index contributed by atoms with van der Waals surface area (Å²) >= 11 is 5.52. The molecule has 0 radical (unpaired) electrons. The van der Waals surface area contributed by atoms with Crippen LogP contribution in [0.4, 0.5) is 0 Å². The lowest BCUT2D eigenvalue weighted by Crippen LogP contribution is -2.28. The Kier molecular flexibility index (Phi) is 5.70. The van der Waals surface area contributed by atoms with Crippen molar-refractivity contribution in [2.45, 2.75) is 69.6 Å². The van der Waals surface area contributed by atoms with Crippen molar-refractivity contribution in [3.63, 3.8) is 0 Å². The van der Waals surface area contributed by atoms with Crippen molar-refractivity contribution in [2.75, 3.05) is 0 Å². The normalized spacial score (nSPS) is 20.8. The first-order valence-electron chi connectivity index (χ1n) is 13.6. The third kappa shape index (κ3) is 3.35. The van der Waals surface area contributed by atoms with E-state index < -0.39 is 0 Å². The molecule has 3 aromatic heterocycles. The van der Waals surface area contributed by atoms with Crippen molar-refractivity contribution in [3.05, 3.63) is 67.4 Å². The summed E-state index contributed by atoms with van der Waals surface area (Å²) in [5, 5.41) is 28.5. The summed E-state index contributed by atoms with van der Waals surface area (Å²) < 4.78 is 5.30. The molecule has 39 heavy (non-hydrogen) atoms. The van der Waals surface area contributed by atoms with Crippen LogP contribution in [0.3, 0.4) is 0 Å². The van der Waals surface area contributed by atoms with Crippen molar-refractivity contribution in [1.82, 2.24) is 0 Å². The fourth-order valence-corrected chi connectivity index (χ4v) is 12.3. The van der Waals surface area contributed by atoms with Crippen LogP contribution in [0.5, 0.6) is 0 Å². The molecule has 4 aliphatic carbocycles. The van der Waals surface area contributed by atoms with Crippen LogP contribution >= 0.6 is 34.0 Å². The topological polar surface area (TPSA) is 75.7 Å². The number of hydrogen-bond acceptors (Lipinski definition) is 6. The fraction of sp³-hybridized carbons (Fsp3) is 0.375. The highest BCUT2D eigenvalue weighted by Gasteiger charge is 2.56. The van der Waals surface area contributed by atoms with Gasteiger partial charge in [0, 0.05) is 25.3 Å². The van der Waals surface area contributed by atoms with Gasteiger partial charge in [0.15, 0.2) is 0 Å². The minimum Gasteiger partial charge on any atom is -0.227 e. The number of hydrogen-bond donors (Lipinski definition) is 0. The molecule has 3 heterocycles. The molecule has 0 atom stereocenters. The van der Waals surface area contributed by atoms with E-state index in [1.807, 2.05) is 34.8 Å². The first kappa shape index (κ1) is 24.6. The Balaban J connectivity index is 1.47. The predicted octanol–water partition coefficient (Wildman–Crippen LogP) is 9.79. The Morgan fingerprint density at radius 2 is 1.51 bits per heavy atom. The van der Waals surface area contributed by atoms with Crippen molar-refractivity contribution in [3.8, 4) is 18.2 Å². The molecular weight excluding hydrogens is 537 g/mol. The maximum Gasteiger partial charge on any atom is 0.263 e. The second-order valence-electron chi connectivity index (χ2n) is 11.1. The number of thiophene rings is 3. The molecule has 0 aromatic carbocycles. The average molecular weight is 561 g/mol. The lowest BCUT2D eigenvalue weighted by molar-refractivity contribution is 0.329. The van der Waals surface area contributed by atoms with Crippen molar-refractivity contribution < 1.29 is 0 Å². The Labute approximate surface area is 239 Å². The summed E-state index contributed by atoms with van der Waals surface area (Å²) in [5.41, 5.74) is 5.99. The second kappa shape index (κ2) is 9.05. The number of rotatable bonds is 2. The molecule has 0 unspecified atom stereocenters. The van der Waals surface area contributed by atoms with Gasteiger partial charge in [0.1, 0.15) is 17.7 Å². The monoisotopic (exact) mass is 560 g/mol. The van der Waals surface area contributed by atoms with Crippen LogP contribution in [0.15, 0.2) is 40.6 Å². The standard InChI is InChI=1S/C32H24N4S3/c1-36-21(18-35)14-22-15-24-27(37-22)30-29(38-24)26-28(39-30)25-23(32(26)10-6-3-7-11-32)13-20(12-19(16-33)17-34)31(25)8-4-2-5-9-31/h12-15H,2-11H2/b21-14-. The molecule has 7 rings (SSSR count). The molecule has 0 aliphatic heterocycles. The van der Waals surface area contributed by atoms with Gasteiger partial charge in [-0.25, -0.2) is 10.1 Å². The number of nitrogens with zero attached hydrogens (tertiary/aromatic N) is 4. The van der Waals surface area contributed by atoms with Crippen LogP contribution in [0.1, 0.15) is 79.5 Å².